The maximum Gasteiger partial charge on any atom is 0.223 e. The normalized spacial score (nSPS) is 36.5. The lowest BCUT2D eigenvalue weighted by molar-refractivity contribution is -0.131. The van der Waals surface area contributed by atoms with Crippen LogP contribution < -0.4 is 5.32 Å². The van der Waals surface area contributed by atoms with Gasteiger partial charge in [-0.05, 0) is 30.1 Å². The van der Waals surface area contributed by atoms with E-state index in [1.54, 1.807) is 0 Å². The van der Waals surface area contributed by atoms with E-state index in [1.807, 2.05) is 0 Å². The first-order valence-corrected chi connectivity index (χ1v) is 5.35. The summed E-state index contributed by atoms with van der Waals surface area (Å²) in [5.74, 6) is 1.92. The molecule has 1 N–H and O–H groups in total. The van der Waals surface area contributed by atoms with E-state index < -0.39 is 0 Å². The molecule has 1 heterocycles. The van der Waals surface area contributed by atoms with Crippen LogP contribution >= 0.6 is 0 Å². The topological polar surface area (TPSA) is 29.1 Å². The standard InChI is InChI=1S/C11H19NO/c1-7(2)9-6-12-10(13)8(3)11(9)4-5-11/h7-9H,4-6H2,1-3H3,(H,12,13). The van der Waals surface area contributed by atoms with Gasteiger partial charge in [-0.1, -0.05) is 20.8 Å². The summed E-state index contributed by atoms with van der Waals surface area (Å²) in [6.07, 6.45) is 2.54. The lowest BCUT2D eigenvalue weighted by Gasteiger charge is -2.39. The average molecular weight is 181 g/mol. The summed E-state index contributed by atoms with van der Waals surface area (Å²) in [6.45, 7) is 7.54. The van der Waals surface area contributed by atoms with E-state index in [4.69, 9.17) is 0 Å². The molecule has 1 saturated heterocycles. The van der Waals surface area contributed by atoms with Crippen LogP contribution in [0.2, 0.25) is 0 Å². The molecule has 2 aliphatic rings. The number of piperidine rings is 1. The molecule has 1 aliphatic heterocycles. The molecule has 1 saturated carbocycles. The minimum atomic E-state index is 0.244. The van der Waals surface area contributed by atoms with Crippen LogP contribution in [0.4, 0.5) is 0 Å². The number of rotatable bonds is 1. The van der Waals surface area contributed by atoms with Gasteiger partial charge in [0.1, 0.15) is 0 Å². The van der Waals surface area contributed by atoms with E-state index in [1.165, 1.54) is 12.8 Å². The van der Waals surface area contributed by atoms with Gasteiger partial charge in [-0.15, -0.1) is 0 Å². The largest absolute Gasteiger partial charge is 0.356 e. The molecule has 1 spiro atoms. The van der Waals surface area contributed by atoms with Gasteiger partial charge in [0.25, 0.3) is 0 Å². The first kappa shape index (κ1) is 9.04. The third-order valence-electron chi connectivity index (χ3n) is 4.12. The monoisotopic (exact) mass is 181 g/mol. The molecule has 0 bridgehead atoms. The maximum absolute atomic E-state index is 11.5. The molecule has 2 unspecified atom stereocenters. The molecule has 74 valence electrons. The first-order valence-electron chi connectivity index (χ1n) is 5.35. The van der Waals surface area contributed by atoms with Crippen LogP contribution in [0.3, 0.4) is 0 Å². The van der Waals surface area contributed by atoms with Crippen molar-refractivity contribution in [3.05, 3.63) is 0 Å². The third kappa shape index (κ3) is 1.18. The Morgan fingerprint density at radius 2 is 2.08 bits per heavy atom. The quantitative estimate of drug-likeness (QED) is 0.656. The number of hydrogen-bond donors (Lipinski definition) is 1. The zero-order valence-corrected chi connectivity index (χ0v) is 8.76. The molecular formula is C11H19NO. The summed E-state index contributed by atoms with van der Waals surface area (Å²) in [7, 11) is 0. The van der Waals surface area contributed by atoms with Crippen molar-refractivity contribution in [3.8, 4) is 0 Å². The van der Waals surface area contributed by atoms with Gasteiger partial charge < -0.3 is 5.32 Å². The number of carbonyl (C=O) groups is 1. The van der Waals surface area contributed by atoms with Crippen molar-refractivity contribution in [3.63, 3.8) is 0 Å². The lowest BCUT2D eigenvalue weighted by Crippen LogP contribution is -2.49. The van der Waals surface area contributed by atoms with Crippen LogP contribution in [-0.4, -0.2) is 12.5 Å². The lowest BCUT2D eigenvalue weighted by atomic mass is 9.71. The van der Waals surface area contributed by atoms with Crippen LogP contribution in [0, 0.1) is 23.2 Å². The summed E-state index contributed by atoms with van der Waals surface area (Å²) in [5.41, 5.74) is 0.385. The molecule has 1 amide bonds. The molecule has 0 radical (unpaired) electrons. The Bertz CT molecular complexity index is 230. The van der Waals surface area contributed by atoms with E-state index in [9.17, 15) is 4.79 Å². The molecule has 13 heavy (non-hydrogen) atoms. The van der Waals surface area contributed by atoms with Gasteiger partial charge in [0.15, 0.2) is 0 Å². The van der Waals surface area contributed by atoms with Crippen LogP contribution in [0.5, 0.6) is 0 Å². The van der Waals surface area contributed by atoms with Gasteiger partial charge in [0, 0.05) is 12.5 Å². The van der Waals surface area contributed by atoms with E-state index in [-0.39, 0.29) is 11.8 Å². The smallest absolute Gasteiger partial charge is 0.223 e. The zero-order valence-electron chi connectivity index (χ0n) is 8.76. The van der Waals surface area contributed by atoms with Gasteiger partial charge in [-0.25, -0.2) is 0 Å². The second-order valence-electron chi connectivity index (χ2n) is 5.05. The highest BCUT2D eigenvalue weighted by molar-refractivity contribution is 5.80. The number of nitrogens with one attached hydrogen (secondary N) is 1. The Hall–Kier alpha value is -0.530. The highest BCUT2D eigenvalue weighted by Crippen LogP contribution is 2.60. The maximum atomic E-state index is 11.5. The average Bonchev–Trinajstić information content (AvgIpc) is 2.82. The van der Waals surface area contributed by atoms with Crippen molar-refractivity contribution in [1.82, 2.24) is 5.32 Å². The summed E-state index contributed by atoms with van der Waals surface area (Å²) in [5, 5.41) is 3.02. The van der Waals surface area contributed by atoms with Crippen molar-refractivity contribution < 1.29 is 4.79 Å². The predicted molar refractivity (Wildman–Crippen MR) is 52.2 cm³/mol. The molecule has 2 fully saturated rings. The molecule has 2 nitrogen and oxygen atoms in total. The van der Waals surface area contributed by atoms with Crippen LogP contribution in [0.1, 0.15) is 33.6 Å². The predicted octanol–water partition coefficient (Wildman–Crippen LogP) is 1.80. The molecular weight excluding hydrogens is 162 g/mol. The second-order valence-corrected chi connectivity index (χ2v) is 5.05. The molecule has 0 aromatic carbocycles. The van der Waals surface area contributed by atoms with E-state index in [0.29, 0.717) is 17.3 Å². The number of hydrogen-bond acceptors (Lipinski definition) is 1. The summed E-state index contributed by atoms with van der Waals surface area (Å²) in [6, 6.07) is 0. The van der Waals surface area contributed by atoms with Crippen LogP contribution in [0.15, 0.2) is 0 Å². The minimum absolute atomic E-state index is 0.244. The van der Waals surface area contributed by atoms with Gasteiger partial charge >= 0.3 is 0 Å². The number of carbonyl (C=O) groups excluding carboxylic acids is 1. The van der Waals surface area contributed by atoms with Gasteiger partial charge in [-0.2, -0.15) is 0 Å². The fourth-order valence-electron chi connectivity index (χ4n) is 3.00. The molecule has 2 atom stereocenters. The van der Waals surface area contributed by atoms with Gasteiger partial charge in [0.05, 0.1) is 0 Å². The minimum Gasteiger partial charge on any atom is -0.356 e. The Balaban J connectivity index is 2.19. The molecule has 0 aromatic heterocycles. The van der Waals surface area contributed by atoms with Crippen molar-refractivity contribution in [2.45, 2.75) is 33.6 Å². The van der Waals surface area contributed by atoms with Crippen molar-refractivity contribution in [2.24, 2.45) is 23.2 Å². The summed E-state index contributed by atoms with van der Waals surface area (Å²) < 4.78 is 0. The van der Waals surface area contributed by atoms with E-state index >= 15 is 0 Å². The first-order chi connectivity index (χ1) is 6.08. The Morgan fingerprint density at radius 3 is 2.54 bits per heavy atom. The second kappa shape index (κ2) is 2.73. The third-order valence-corrected chi connectivity index (χ3v) is 4.12. The van der Waals surface area contributed by atoms with E-state index in [2.05, 4.69) is 26.1 Å². The Labute approximate surface area is 80.1 Å². The van der Waals surface area contributed by atoms with Crippen molar-refractivity contribution >= 4 is 5.91 Å². The van der Waals surface area contributed by atoms with Crippen LogP contribution in [0.25, 0.3) is 0 Å². The SMILES string of the molecule is CC(C)C1CNC(=O)C(C)C12CC2. The van der Waals surface area contributed by atoms with Crippen molar-refractivity contribution in [2.75, 3.05) is 6.54 Å². The Kier molecular flexibility index (Phi) is 1.90. The molecule has 0 aromatic rings. The molecule has 2 heteroatoms. The van der Waals surface area contributed by atoms with Gasteiger partial charge in [-0.3, -0.25) is 4.79 Å². The fourth-order valence-corrected chi connectivity index (χ4v) is 3.00. The highest BCUT2D eigenvalue weighted by Gasteiger charge is 2.57. The highest BCUT2D eigenvalue weighted by atomic mass is 16.2. The van der Waals surface area contributed by atoms with E-state index in [0.717, 1.165) is 6.54 Å². The Morgan fingerprint density at radius 1 is 1.46 bits per heavy atom. The molecule has 2 rings (SSSR count). The summed E-state index contributed by atoms with van der Waals surface area (Å²) >= 11 is 0. The number of amides is 1. The molecule has 1 aliphatic carbocycles. The summed E-state index contributed by atoms with van der Waals surface area (Å²) in [4.78, 5) is 11.5. The van der Waals surface area contributed by atoms with Gasteiger partial charge in [0.2, 0.25) is 5.91 Å². The van der Waals surface area contributed by atoms with Crippen LogP contribution in [-0.2, 0) is 4.79 Å². The zero-order chi connectivity index (χ0) is 9.64. The fraction of sp³-hybridized carbons (Fsp3) is 0.909. The van der Waals surface area contributed by atoms with Crippen molar-refractivity contribution in [1.29, 1.82) is 0 Å².